The maximum absolute atomic E-state index is 11.2. The van der Waals surface area contributed by atoms with Gasteiger partial charge in [-0.15, -0.1) is 0 Å². The van der Waals surface area contributed by atoms with E-state index in [1.54, 1.807) is 6.08 Å². The lowest BCUT2D eigenvalue weighted by Crippen LogP contribution is -2.26. The molecule has 0 bridgehead atoms. The Morgan fingerprint density at radius 1 is 1.32 bits per heavy atom. The highest BCUT2D eigenvalue weighted by Crippen LogP contribution is 2.22. The maximum atomic E-state index is 11.2. The Kier molecular flexibility index (Phi) is 5.61. The third-order valence-electron chi connectivity index (χ3n) is 2.84. The van der Waals surface area contributed by atoms with E-state index >= 15 is 0 Å². The lowest BCUT2D eigenvalue weighted by atomic mass is 9.86. The molecule has 3 heteroatoms. The maximum Gasteiger partial charge on any atom is 0.407 e. The summed E-state index contributed by atoms with van der Waals surface area (Å²) < 4.78 is 4.82. The van der Waals surface area contributed by atoms with Crippen molar-refractivity contribution in [1.29, 1.82) is 0 Å². The van der Waals surface area contributed by atoms with Gasteiger partial charge in [-0.1, -0.05) is 57.7 Å². The van der Waals surface area contributed by atoms with E-state index in [0.29, 0.717) is 6.54 Å². The van der Waals surface area contributed by atoms with Crippen LogP contribution in [0.5, 0.6) is 0 Å². The Morgan fingerprint density at radius 2 is 1.95 bits per heavy atom. The Hall–Kier alpha value is -1.77. The molecule has 0 aliphatic heterocycles. The first-order valence-electron chi connectivity index (χ1n) is 6.54. The molecule has 0 aliphatic carbocycles. The fourth-order valence-electron chi connectivity index (χ4n) is 1.67. The van der Waals surface area contributed by atoms with Gasteiger partial charge in [0.05, 0.1) is 0 Å². The number of amides is 1. The number of carbonyl (C=O) groups excluding carboxylic acids is 1. The van der Waals surface area contributed by atoms with Gasteiger partial charge in [0.15, 0.2) is 0 Å². The second kappa shape index (κ2) is 6.98. The molecule has 1 amide bonds. The summed E-state index contributed by atoms with van der Waals surface area (Å²) in [6, 6.07) is 8.51. The summed E-state index contributed by atoms with van der Waals surface area (Å²) in [6.07, 6.45) is 1.95. The van der Waals surface area contributed by atoms with Gasteiger partial charge in [0.2, 0.25) is 0 Å². The van der Waals surface area contributed by atoms with E-state index in [0.717, 1.165) is 6.42 Å². The summed E-state index contributed by atoms with van der Waals surface area (Å²) >= 11 is 0. The first-order valence-corrected chi connectivity index (χ1v) is 6.54. The lowest BCUT2D eigenvalue weighted by Gasteiger charge is -2.19. The third kappa shape index (κ3) is 5.60. The molecule has 1 N–H and O–H groups in total. The fourth-order valence-corrected chi connectivity index (χ4v) is 1.67. The van der Waals surface area contributed by atoms with Crippen LogP contribution in [0.1, 0.15) is 31.9 Å². The molecule has 1 aromatic rings. The molecule has 0 atom stereocenters. The highest BCUT2D eigenvalue weighted by Gasteiger charge is 2.12. The third-order valence-corrected chi connectivity index (χ3v) is 2.84. The van der Waals surface area contributed by atoms with E-state index in [4.69, 9.17) is 4.74 Å². The zero-order valence-corrected chi connectivity index (χ0v) is 12.0. The minimum atomic E-state index is -0.397. The van der Waals surface area contributed by atoms with Crippen molar-refractivity contribution in [2.24, 2.45) is 0 Å². The zero-order chi connectivity index (χ0) is 14.3. The average Bonchev–Trinajstić information content (AvgIpc) is 2.36. The molecule has 0 fully saturated rings. The van der Waals surface area contributed by atoms with Gasteiger partial charge in [-0.25, -0.2) is 4.79 Å². The summed E-state index contributed by atoms with van der Waals surface area (Å²) in [5, 5.41) is 2.70. The molecular formula is C16H23NO2. The predicted molar refractivity (Wildman–Crippen MR) is 78.4 cm³/mol. The summed E-state index contributed by atoms with van der Waals surface area (Å²) in [5.74, 6) is 0. The number of hydrogen-bond acceptors (Lipinski definition) is 2. The normalized spacial score (nSPS) is 10.9. The Bertz CT molecular complexity index is 415. The molecule has 0 aliphatic rings. The van der Waals surface area contributed by atoms with Gasteiger partial charge in [-0.05, 0) is 23.0 Å². The molecule has 0 aromatic heterocycles. The second-order valence-electron chi connectivity index (χ2n) is 5.51. The molecule has 0 heterocycles. The van der Waals surface area contributed by atoms with E-state index in [2.05, 4.69) is 56.9 Å². The van der Waals surface area contributed by atoms with Crippen molar-refractivity contribution < 1.29 is 9.53 Å². The number of hydrogen-bond donors (Lipinski definition) is 1. The highest BCUT2D eigenvalue weighted by molar-refractivity contribution is 5.67. The Morgan fingerprint density at radius 3 is 2.47 bits per heavy atom. The molecule has 0 saturated heterocycles. The fraction of sp³-hybridized carbons (Fsp3) is 0.438. The van der Waals surface area contributed by atoms with E-state index in [-0.39, 0.29) is 12.0 Å². The first-order chi connectivity index (χ1) is 8.93. The SMILES string of the molecule is C=CCOC(=O)NCCc1ccc(C(C)(C)C)cc1. The monoisotopic (exact) mass is 261 g/mol. The second-order valence-corrected chi connectivity index (χ2v) is 5.51. The van der Waals surface area contributed by atoms with Crippen LogP contribution in [0.3, 0.4) is 0 Å². The number of rotatable bonds is 5. The first kappa shape index (κ1) is 15.3. The van der Waals surface area contributed by atoms with Crippen LogP contribution in [0.15, 0.2) is 36.9 Å². The number of carbonyl (C=O) groups is 1. The number of nitrogens with one attached hydrogen (secondary N) is 1. The predicted octanol–water partition coefficient (Wildman–Crippen LogP) is 3.44. The van der Waals surface area contributed by atoms with Crippen LogP contribution < -0.4 is 5.32 Å². The van der Waals surface area contributed by atoms with Gasteiger partial charge in [0.25, 0.3) is 0 Å². The molecule has 3 nitrogen and oxygen atoms in total. The standard InChI is InChI=1S/C16H23NO2/c1-5-12-19-15(18)17-11-10-13-6-8-14(9-7-13)16(2,3)4/h5-9H,1,10-12H2,2-4H3,(H,17,18). The van der Waals surface area contributed by atoms with Crippen LogP contribution >= 0.6 is 0 Å². The molecule has 19 heavy (non-hydrogen) atoms. The molecule has 1 aromatic carbocycles. The number of alkyl carbamates (subject to hydrolysis) is 1. The minimum Gasteiger partial charge on any atom is -0.445 e. The van der Waals surface area contributed by atoms with Gasteiger partial charge in [0.1, 0.15) is 6.61 Å². The van der Waals surface area contributed by atoms with Crippen molar-refractivity contribution in [3.63, 3.8) is 0 Å². The van der Waals surface area contributed by atoms with Crippen molar-refractivity contribution in [2.45, 2.75) is 32.6 Å². The van der Waals surface area contributed by atoms with Crippen LogP contribution in [-0.2, 0) is 16.6 Å². The average molecular weight is 261 g/mol. The summed E-state index contributed by atoms with van der Waals surface area (Å²) in [4.78, 5) is 11.2. The molecule has 0 unspecified atom stereocenters. The minimum absolute atomic E-state index is 0.172. The lowest BCUT2D eigenvalue weighted by molar-refractivity contribution is 0.158. The Balaban J connectivity index is 2.38. The van der Waals surface area contributed by atoms with Crippen LogP contribution in [0.4, 0.5) is 4.79 Å². The summed E-state index contributed by atoms with van der Waals surface area (Å²) in [5.41, 5.74) is 2.69. The Labute approximate surface area is 115 Å². The van der Waals surface area contributed by atoms with Gasteiger partial charge in [-0.2, -0.15) is 0 Å². The smallest absolute Gasteiger partial charge is 0.407 e. The van der Waals surface area contributed by atoms with Crippen molar-refractivity contribution in [2.75, 3.05) is 13.2 Å². The zero-order valence-electron chi connectivity index (χ0n) is 12.0. The van der Waals surface area contributed by atoms with Gasteiger partial charge < -0.3 is 10.1 Å². The van der Waals surface area contributed by atoms with Gasteiger partial charge in [0, 0.05) is 6.54 Å². The van der Waals surface area contributed by atoms with Crippen molar-refractivity contribution in [1.82, 2.24) is 5.32 Å². The molecule has 0 saturated carbocycles. The largest absolute Gasteiger partial charge is 0.445 e. The number of ether oxygens (including phenoxy) is 1. The number of benzene rings is 1. The molecule has 0 spiro atoms. The van der Waals surface area contributed by atoms with Crippen LogP contribution in [0.25, 0.3) is 0 Å². The topological polar surface area (TPSA) is 38.3 Å². The van der Waals surface area contributed by atoms with Crippen molar-refractivity contribution in [3.8, 4) is 0 Å². The van der Waals surface area contributed by atoms with E-state index in [9.17, 15) is 4.79 Å². The van der Waals surface area contributed by atoms with Crippen LogP contribution in [0, 0.1) is 0 Å². The van der Waals surface area contributed by atoms with Crippen LogP contribution in [0.2, 0.25) is 0 Å². The molecule has 104 valence electrons. The highest BCUT2D eigenvalue weighted by atomic mass is 16.5. The van der Waals surface area contributed by atoms with E-state index in [1.807, 2.05) is 0 Å². The van der Waals surface area contributed by atoms with Gasteiger partial charge >= 0.3 is 6.09 Å². The van der Waals surface area contributed by atoms with Gasteiger partial charge in [-0.3, -0.25) is 0 Å². The summed E-state index contributed by atoms with van der Waals surface area (Å²) in [7, 11) is 0. The quantitative estimate of drug-likeness (QED) is 0.825. The molecular weight excluding hydrogens is 238 g/mol. The van der Waals surface area contributed by atoms with E-state index < -0.39 is 6.09 Å². The van der Waals surface area contributed by atoms with E-state index in [1.165, 1.54) is 11.1 Å². The molecule has 1 rings (SSSR count). The van der Waals surface area contributed by atoms with Crippen molar-refractivity contribution >= 4 is 6.09 Å². The van der Waals surface area contributed by atoms with Crippen molar-refractivity contribution in [3.05, 3.63) is 48.0 Å². The summed E-state index contributed by atoms with van der Waals surface area (Å²) in [6.45, 7) is 10.9. The molecule has 0 radical (unpaired) electrons. The van der Waals surface area contributed by atoms with Crippen LogP contribution in [-0.4, -0.2) is 19.2 Å².